The van der Waals surface area contributed by atoms with E-state index in [2.05, 4.69) is 23.2 Å². The summed E-state index contributed by atoms with van der Waals surface area (Å²) in [6, 6.07) is 14.5. The molecule has 3 aliphatic rings. The number of carbonyl (C=O) groups is 1. The second-order valence-corrected chi connectivity index (χ2v) is 9.49. The van der Waals surface area contributed by atoms with Gasteiger partial charge in [-0.3, -0.25) is 5.01 Å². The smallest absolute Gasteiger partial charge is 0.338 e. The van der Waals surface area contributed by atoms with Crippen LogP contribution >= 0.6 is 0 Å². The van der Waals surface area contributed by atoms with Crippen molar-refractivity contribution in [3.05, 3.63) is 64.2 Å². The van der Waals surface area contributed by atoms with Crippen LogP contribution in [0.15, 0.2) is 41.5 Å². The number of rotatable bonds is 6. The number of hydrazone groups is 1. The van der Waals surface area contributed by atoms with Crippen LogP contribution in [0.3, 0.4) is 0 Å². The second kappa shape index (κ2) is 9.60. The standard InChI is InChI=1S/C28H31N3O3/c1-3-34-28(32)20-10-12-24-19(14-20)9-13-25-26(24)30-31(27(25)18-6-4-5-7-18)23-11-8-21(16-29)22(15-23)17-33-2/h8,10-12,14-15,18,25,27H,3-7,9,13,17H2,1-2H3. The van der Waals surface area contributed by atoms with E-state index >= 15 is 0 Å². The summed E-state index contributed by atoms with van der Waals surface area (Å²) < 4.78 is 10.6. The van der Waals surface area contributed by atoms with E-state index in [4.69, 9.17) is 14.6 Å². The van der Waals surface area contributed by atoms with Gasteiger partial charge in [0.1, 0.15) is 0 Å². The van der Waals surface area contributed by atoms with Crippen molar-refractivity contribution in [3.63, 3.8) is 0 Å². The maximum atomic E-state index is 12.3. The van der Waals surface area contributed by atoms with Crippen LogP contribution in [0.5, 0.6) is 0 Å². The SMILES string of the molecule is CCOC(=O)c1ccc2c(c1)CCC1C2=NN(c2ccc(C#N)c(COC)c2)C1C1CCCC1. The van der Waals surface area contributed by atoms with Gasteiger partial charge in [0.25, 0.3) is 0 Å². The Hall–Kier alpha value is -3.17. The summed E-state index contributed by atoms with van der Waals surface area (Å²) in [5.74, 6) is 0.702. The number of fused-ring (bicyclic) bond motifs is 3. The summed E-state index contributed by atoms with van der Waals surface area (Å²) in [7, 11) is 1.65. The van der Waals surface area contributed by atoms with Crippen molar-refractivity contribution in [1.82, 2.24) is 0 Å². The van der Waals surface area contributed by atoms with Gasteiger partial charge in [-0.05, 0) is 80.0 Å². The number of ether oxygens (including phenoxy) is 2. The molecular formula is C28H31N3O3. The average Bonchev–Trinajstić information content (AvgIpc) is 3.52. The Morgan fingerprint density at radius 2 is 2.00 bits per heavy atom. The summed E-state index contributed by atoms with van der Waals surface area (Å²) in [5.41, 5.74) is 6.62. The van der Waals surface area contributed by atoms with Gasteiger partial charge in [0.15, 0.2) is 0 Å². The summed E-state index contributed by atoms with van der Waals surface area (Å²) in [6.45, 7) is 2.60. The third-order valence-corrected chi connectivity index (χ3v) is 7.53. The van der Waals surface area contributed by atoms with E-state index in [0.29, 0.717) is 42.2 Å². The normalized spacial score (nSPS) is 21.6. The van der Waals surface area contributed by atoms with Crippen molar-refractivity contribution >= 4 is 17.4 Å². The Labute approximate surface area is 201 Å². The minimum Gasteiger partial charge on any atom is -0.462 e. The predicted molar refractivity (Wildman–Crippen MR) is 131 cm³/mol. The number of hydrogen-bond donors (Lipinski definition) is 0. The van der Waals surface area contributed by atoms with Gasteiger partial charge in [-0.2, -0.15) is 10.4 Å². The number of anilines is 1. The Balaban J connectivity index is 1.55. The summed E-state index contributed by atoms with van der Waals surface area (Å²) in [4.78, 5) is 12.3. The first kappa shape index (κ1) is 22.6. The minimum atomic E-state index is -0.269. The largest absolute Gasteiger partial charge is 0.462 e. The van der Waals surface area contributed by atoms with Crippen molar-refractivity contribution in [1.29, 1.82) is 5.26 Å². The second-order valence-electron chi connectivity index (χ2n) is 9.49. The molecule has 2 aromatic carbocycles. The first-order valence-electron chi connectivity index (χ1n) is 12.3. The lowest BCUT2D eigenvalue weighted by Gasteiger charge is -2.34. The molecule has 0 spiro atoms. The molecule has 1 aliphatic heterocycles. The van der Waals surface area contributed by atoms with Crippen LogP contribution in [-0.2, 0) is 22.5 Å². The Morgan fingerprint density at radius 3 is 2.74 bits per heavy atom. The molecule has 1 fully saturated rings. The highest BCUT2D eigenvalue weighted by Crippen LogP contribution is 2.45. The molecular weight excluding hydrogens is 426 g/mol. The molecule has 2 aliphatic carbocycles. The van der Waals surface area contributed by atoms with E-state index in [-0.39, 0.29) is 5.97 Å². The molecule has 0 bridgehead atoms. The molecule has 2 atom stereocenters. The quantitative estimate of drug-likeness (QED) is 0.556. The third kappa shape index (κ3) is 3.99. The number of hydrogen-bond acceptors (Lipinski definition) is 6. The van der Waals surface area contributed by atoms with Gasteiger partial charge in [0, 0.05) is 18.6 Å². The van der Waals surface area contributed by atoms with Crippen LogP contribution in [0.25, 0.3) is 0 Å². The fourth-order valence-electron chi connectivity index (χ4n) is 6.02. The number of esters is 1. The zero-order valence-electron chi connectivity index (χ0n) is 19.9. The molecule has 0 amide bonds. The van der Waals surface area contributed by atoms with Crippen molar-refractivity contribution in [2.45, 2.75) is 58.1 Å². The van der Waals surface area contributed by atoms with E-state index in [1.54, 1.807) is 7.11 Å². The maximum Gasteiger partial charge on any atom is 0.338 e. The van der Waals surface area contributed by atoms with Crippen molar-refractivity contribution in [2.24, 2.45) is 16.9 Å². The zero-order valence-corrected chi connectivity index (χ0v) is 19.9. The van der Waals surface area contributed by atoms with Gasteiger partial charge in [0.05, 0.1) is 47.9 Å². The Morgan fingerprint density at radius 1 is 1.18 bits per heavy atom. The highest BCUT2D eigenvalue weighted by Gasteiger charge is 2.45. The predicted octanol–water partition coefficient (Wildman–Crippen LogP) is 5.23. The zero-order chi connectivity index (χ0) is 23.7. The lowest BCUT2D eigenvalue weighted by atomic mass is 9.75. The molecule has 2 aromatic rings. The van der Waals surface area contributed by atoms with Crippen molar-refractivity contribution in [2.75, 3.05) is 18.7 Å². The molecule has 2 unspecified atom stereocenters. The first-order chi connectivity index (χ1) is 16.6. The number of methoxy groups -OCH3 is 1. The molecule has 34 heavy (non-hydrogen) atoms. The number of carbonyl (C=O) groups excluding carboxylic acids is 1. The summed E-state index contributed by atoms with van der Waals surface area (Å²) in [6.07, 6.45) is 6.98. The molecule has 0 radical (unpaired) electrons. The van der Waals surface area contributed by atoms with Crippen LogP contribution in [-0.4, -0.2) is 31.4 Å². The third-order valence-electron chi connectivity index (χ3n) is 7.53. The van der Waals surface area contributed by atoms with Gasteiger partial charge in [0.2, 0.25) is 0 Å². The Kier molecular flexibility index (Phi) is 6.38. The molecule has 6 heteroatoms. The highest BCUT2D eigenvalue weighted by molar-refractivity contribution is 6.07. The van der Waals surface area contributed by atoms with Crippen LogP contribution in [0.4, 0.5) is 5.69 Å². The van der Waals surface area contributed by atoms with Gasteiger partial charge < -0.3 is 9.47 Å². The molecule has 0 aromatic heterocycles. The molecule has 1 saturated carbocycles. The number of benzene rings is 2. The van der Waals surface area contributed by atoms with Crippen LogP contribution in [0.1, 0.15) is 71.6 Å². The van der Waals surface area contributed by atoms with E-state index in [0.717, 1.165) is 35.4 Å². The fraction of sp³-hybridized carbons (Fsp3) is 0.464. The van der Waals surface area contributed by atoms with E-state index in [1.165, 1.54) is 31.2 Å². The van der Waals surface area contributed by atoms with Crippen LogP contribution in [0, 0.1) is 23.2 Å². The summed E-state index contributed by atoms with van der Waals surface area (Å²) >= 11 is 0. The maximum absolute atomic E-state index is 12.3. The highest BCUT2D eigenvalue weighted by atomic mass is 16.5. The molecule has 1 heterocycles. The molecule has 5 rings (SSSR count). The molecule has 6 nitrogen and oxygen atoms in total. The van der Waals surface area contributed by atoms with Gasteiger partial charge in [-0.1, -0.05) is 18.9 Å². The monoisotopic (exact) mass is 457 g/mol. The molecule has 0 saturated heterocycles. The number of nitriles is 1. The van der Waals surface area contributed by atoms with E-state index in [9.17, 15) is 10.1 Å². The number of aryl methyl sites for hydroxylation is 1. The van der Waals surface area contributed by atoms with E-state index < -0.39 is 0 Å². The van der Waals surface area contributed by atoms with Crippen LogP contribution in [0.2, 0.25) is 0 Å². The topological polar surface area (TPSA) is 74.9 Å². The van der Waals surface area contributed by atoms with Crippen molar-refractivity contribution in [3.8, 4) is 6.07 Å². The van der Waals surface area contributed by atoms with Crippen LogP contribution < -0.4 is 5.01 Å². The number of nitrogens with zero attached hydrogens (tertiary/aromatic N) is 3. The fourth-order valence-corrected chi connectivity index (χ4v) is 6.02. The Bertz CT molecular complexity index is 1160. The van der Waals surface area contributed by atoms with E-state index in [1.807, 2.05) is 31.2 Å². The van der Waals surface area contributed by atoms with Gasteiger partial charge in [-0.15, -0.1) is 0 Å². The minimum absolute atomic E-state index is 0.269. The molecule has 0 N–H and O–H groups in total. The van der Waals surface area contributed by atoms with Crippen molar-refractivity contribution < 1.29 is 14.3 Å². The first-order valence-corrected chi connectivity index (χ1v) is 12.3. The van der Waals surface area contributed by atoms with Gasteiger partial charge in [-0.25, -0.2) is 4.79 Å². The van der Waals surface area contributed by atoms with Gasteiger partial charge >= 0.3 is 5.97 Å². The average molecular weight is 458 g/mol. The lowest BCUT2D eigenvalue weighted by molar-refractivity contribution is 0.0526. The summed E-state index contributed by atoms with van der Waals surface area (Å²) in [5, 5.41) is 17.0. The molecule has 176 valence electrons. The lowest BCUT2D eigenvalue weighted by Crippen LogP contribution is -2.40.